The van der Waals surface area contributed by atoms with Gasteiger partial charge in [-0.1, -0.05) is 11.6 Å². The zero-order valence-electron chi connectivity index (χ0n) is 7.48. The van der Waals surface area contributed by atoms with Gasteiger partial charge >= 0.3 is 6.18 Å². The quantitative estimate of drug-likeness (QED) is 0.834. The number of benzene rings is 1. The van der Waals surface area contributed by atoms with E-state index in [0.717, 1.165) is 6.07 Å². The molecule has 0 saturated heterocycles. The maximum Gasteiger partial charge on any atom is 0.416 e. The number of alkyl halides is 3. The van der Waals surface area contributed by atoms with E-state index in [1.165, 1.54) is 0 Å². The predicted octanol–water partition coefficient (Wildman–Crippen LogP) is 2.60. The molecule has 1 rings (SSSR count). The largest absolute Gasteiger partial charge is 0.506 e. The number of hydrogen-bond acceptors (Lipinski definition) is 2. The van der Waals surface area contributed by atoms with Crippen molar-refractivity contribution >= 4 is 11.6 Å². The molecule has 0 bridgehead atoms. The van der Waals surface area contributed by atoms with E-state index in [0.29, 0.717) is 6.07 Å². The van der Waals surface area contributed by atoms with Crippen LogP contribution in [-0.4, -0.2) is 16.8 Å². The van der Waals surface area contributed by atoms with Crippen molar-refractivity contribution < 1.29 is 23.4 Å². The highest BCUT2D eigenvalue weighted by atomic mass is 35.5. The number of aliphatic hydroxyl groups is 1. The Balaban J connectivity index is 3.23. The van der Waals surface area contributed by atoms with Crippen molar-refractivity contribution in [1.82, 2.24) is 0 Å². The van der Waals surface area contributed by atoms with Crippen molar-refractivity contribution in [3.8, 4) is 5.75 Å². The standard InChI is InChI=1S/C9H8ClF3O2/c10-7-4-6(9(11,12)13)3-5(1-2-14)8(7)15/h3-4,14-15H,1-2H2. The Bertz CT molecular complexity index is 363. The normalized spacial score (nSPS) is 11.8. The van der Waals surface area contributed by atoms with E-state index < -0.39 is 17.5 Å². The molecule has 0 atom stereocenters. The average Bonchev–Trinajstić information content (AvgIpc) is 2.11. The molecule has 0 heterocycles. The smallest absolute Gasteiger partial charge is 0.416 e. The summed E-state index contributed by atoms with van der Waals surface area (Å²) >= 11 is 5.43. The van der Waals surface area contributed by atoms with Gasteiger partial charge in [0.1, 0.15) is 5.75 Å². The third kappa shape index (κ3) is 2.76. The number of aliphatic hydroxyl groups excluding tert-OH is 1. The van der Waals surface area contributed by atoms with Gasteiger partial charge in [-0.25, -0.2) is 0 Å². The SMILES string of the molecule is OCCc1cc(C(F)(F)F)cc(Cl)c1O. The van der Waals surface area contributed by atoms with Crippen molar-refractivity contribution in [3.63, 3.8) is 0 Å². The Labute approximate surface area is 88.9 Å². The van der Waals surface area contributed by atoms with Gasteiger partial charge < -0.3 is 10.2 Å². The Morgan fingerprint density at radius 2 is 1.87 bits per heavy atom. The molecule has 6 heteroatoms. The third-order valence-electron chi connectivity index (χ3n) is 1.85. The number of aromatic hydroxyl groups is 1. The highest BCUT2D eigenvalue weighted by molar-refractivity contribution is 6.32. The fourth-order valence-electron chi connectivity index (χ4n) is 1.13. The van der Waals surface area contributed by atoms with Crippen LogP contribution < -0.4 is 0 Å². The van der Waals surface area contributed by atoms with Gasteiger partial charge in [-0.3, -0.25) is 0 Å². The highest BCUT2D eigenvalue weighted by Crippen LogP contribution is 2.36. The fourth-order valence-corrected chi connectivity index (χ4v) is 1.37. The van der Waals surface area contributed by atoms with Crippen LogP contribution in [0.3, 0.4) is 0 Å². The summed E-state index contributed by atoms with van der Waals surface area (Å²) in [6.07, 6.45) is -4.59. The van der Waals surface area contributed by atoms with E-state index in [1.807, 2.05) is 0 Å². The minimum atomic E-state index is -4.51. The summed E-state index contributed by atoms with van der Waals surface area (Å²) in [6, 6.07) is 1.43. The van der Waals surface area contributed by atoms with Crippen molar-refractivity contribution in [2.75, 3.05) is 6.61 Å². The van der Waals surface area contributed by atoms with Crippen LogP contribution in [0.25, 0.3) is 0 Å². The first-order chi connectivity index (χ1) is 6.86. The molecule has 0 radical (unpaired) electrons. The molecule has 0 aliphatic rings. The first-order valence-electron chi connectivity index (χ1n) is 4.05. The summed E-state index contributed by atoms with van der Waals surface area (Å²) in [4.78, 5) is 0. The Hall–Kier alpha value is -0.940. The van der Waals surface area contributed by atoms with Gasteiger partial charge in [0, 0.05) is 6.61 Å². The highest BCUT2D eigenvalue weighted by Gasteiger charge is 2.31. The fraction of sp³-hybridized carbons (Fsp3) is 0.333. The van der Waals surface area contributed by atoms with Crippen LogP contribution in [0.15, 0.2) is 12.1 Å². The van der Waals surface area contributed by atoms with E-state index in [9.17, 15) is 18.3 Å². The number of rotatable bonds is 2. The number of halogens is 4. The lowest BCUT2D eigenvalue weighted by Gasteiger charge is -2.11. The topological polar surface area (TPSA) is 40.5 Å². The summed E-state index contributed by atoms with van der Waals surface area (Å²) in [5.41, 5.74) is -0.953. The number of phenols is 1. The Morgan fingerprint density at radius 3 is 2.33 bits per heavy atom. The molecule has 0 amide bonds. The minimum Gasteiger partial charge on any atom is -0.506 e. The summed E-state index contributed by atoms with van der Waals surface area (Å²) in [7, 11) is 0. The molecule has 0 fully saturated rings. The summed E-state index contributed by atoms with van der Waals surface area (Å²) in [6.45, 7) is -0.356. The molecule has 0 aliphatic heterocycles. The molecule has 1 aromatic rings. The molecule has 0 spiro atoms. The van der Waals surface area contributed by atoms with E-state index in [1.54, 1.807) is 0 Å². The predicted molar refractivity (Wildman–Crippen MR) is 48.9 cm³/mol. The van der Waals surface area contributed by atoms with Crippen LogP contribution in [0.1, 0.15) is 11.1 Å². The van der Waals surface area contributed by atoms with E-state index in [2.05, 4.69) is 0 Å². The van der Waals surface area contributed by atoms with Crippen molar-refractivity contribution in [3.05, 3.63) is 28.3 Å². The Morgan fingerprint density at radius 1 is 1.27 bits per heavy atom. The molecule has 0 unspecified atom stereocenters. The van der Waals surface area contributed by atoms with Crippen molar-refractivity contribution in [2.24, 2.45) is 0 Å². The van der Waals surface area contributed by atoms with Gasteiger partial charge in [0.2, 0.25) is 0 Å². The maximum absolute atomic E-state index is 12.3. The molecule has 2 N–H and O–H groups in total. The molecule has 0 saturated carbocycles. The van der Waals surface area contributed by atoms with E-state index >= 15 is 0 Å². The van der Waals surface area contributed by atoms with E-state index in [4.69, 9.17) is 16.7 Å². The molecule has 0 aliphatic carbocycles. The summed E-state index contributed by atoms with van der Waals surface area (Å²) < 4.78 is 37.0. The molecule has 2 nitrogen and oxygen atoms in total. The summed E-state index contributed by atoms with van der Waals surface area (Å²) in [5, 5.41) is 17.5. The monoisotopic (exact) mass is 240 g/mol. The first-order valence-corrected chi connectivity index (χ1v) is 4.43. The van der Waals surface area contributed by atoms with Gasteiger partial charge in [-0.05, 0) is 24.1 Å². The van der Waals surface area contributed by atoms with Crippen LogP contribution in [0, 0.1) is 0 Å². The van der Waals surface area contributed by atoms with Gasteiger partial charge in [0.15, 0.2) is 0 Å². The lowest BCUT2D eigenvalue weighted by atomic mass is 10.1. The molecular weight excluding hydrogens is 233 g/mol. The minimum absolute atomic E-state index is 0.0164. The van der Waals surface area contributed by atoms with Gasteiger partial charge in [0.25, 0.3) is 0 Å². The zero-order chi connectivity index (χ0) is 11.6. The third-order valence-corrected chi connectivity index (χ3v) is 2.14. The number of hydrogen-bond donors (Lipinski definition) is 2. The van der Waals surface area contributed by atoms with Crippen LogP contribution in [-0.2, 0) is 12.6 Å². The van der Waals surface area contributed by atoms with Crippen molar-refractivity contribution in [1.29, 1.82) is 0 Å². The Kier molecular flexibility index (Phi) is 3.46. The molecule has 15 heavy (non-hydrogen) atoms. The number of phenolic OH excluding ortho intramolecular Hbond substituents is 1. The van der Waals surface area contributed by atoms with Gasteiger partial charge in [-0.15, -0.1) is 0 Å². The van der Waals surface area contributed by atoms with Crippen molar-refractivity contribution in [2.45, 2.75) is 12.6 Å². The van der Waals surface area contributed by atoms with E-state index in [-0.39, 0.29) is 23.6 Å². The van der Waals surface area contributed by atoms with Crippen LogP contribution in [0.2, 0.25) is 5.02 Å². The van der Waals surface area contributed by atoms with Crippen LogP contribution >= 0.6 is 11.6 Å². The maximum atomic E-state index is 12.3. The lowest BCUT2D eigenvalue weighted by Crippen LogP contribution is -2.06. The lowest BCUT2D eigenvalue weighted by molar-refractivity contribution is -0.137. The zero-order valence-corrected chi connectivity index (χ0v) is 8.23. The van der Waals surface area contributed by atoms with Gasteiger partial charge in [-0.2, -0.15) is 13.2 Å². The van der Waals surface area contributed by atoms with Gasteiger partial charge in [0.05, 0.1) is 10.6 Å². The molecular formula is C9H8ClF3O2. The summed E-state index contributed by atoms with van der Waals surface area (Å²) in [5.74, 6) is -0.418. The second-order valence-electron chi connectivity index (χ2n) is 2.94. The first kappa shape index (κ1) is 12.1. The van der Waals surface area contributed by atoms with Crippen LogP contribution in [0.5, 0.6) is 5.75 Å². The molecule has 1 aromatic carbocycles. The average molecular weight is 241 g/mol. The molecule has 84 valence electrons. The second kappa shape index (κ2) is 4.28. The second-order valence-corrected chi connectivity index (χ2v) is 3.34. The molecule has 0 aromatic heterocycles. The van der Waals surface area contributed by atoms with Crippen LogP contribution in [0.4, 0.5) is 13.2 Å².